The van der Waals surface area contributed by atoms with Crippen LogP contribution in [0.5, 0.6) is 0 Å². The minimum atomic E-state index is -0.0319. The normalized spacial score (nSPS) is 19.0. The lowest BCUT2D eigenvalue weighted by atomic mass is 9.92. The highest BCUT2D eigenvalue weighted by Crippen LogP contribution is 2.27. The molecule has 1 saturated carbocycles. The molecule has 0 aliphatic heterocycles. The predicted molar refractivity (Wildman–Crippen MR) is 70.7 cm³/mol. The Kier molecular flexibility index (Phi) is 4.44. The van der Waals surface area contributed by atoms with E-state index >= 15 is 0 Å². The smallest absolute Gasteiger partial charge is 0.117 e. The van der Waals surface area contributed by atoms with Crippen molar-refractivity contribution >= 4 is 5.69 Å². The number of benzene rings is 1. The van der Waals surface area contributed by atoms with Gasteiger partial charge < -0.3 is 5.32 Å². The van der Waals surface area contributed by atoms with Crippen LogP contribution in [0, 0.1) is 17.2 Å². The Bertz CT molecular complexity index is 358. The Labute approximate surface area is 104 Å². The fourth-order valence-electron chi connectivity index (χ4n) is 2.61. The summed E-state index contributed by atoms with van der Waals surface area (Å²) in [6.45, 7) is 0. The second-order valence-electron chi connectivity index (χ2n) is 4.87. The Morgan fingerprint density at radius 3 is 2.29 bits per heavy atom. The summed E-state index contributed by atoms with van der Waals surface area (Å²) in [6, 6.07) is 12.5. The number of nitrogens with zero attached hydrogens (tertiary/aromatic N) is 1. The second-order valence-corrected chi connectivity index (χ2v) is 4.87. The minimum absolute atomic E-state index is 0.0319. The van der Waals surface area contributed by atoms with Crippen molar-refractivity contribution in [2.45, 2.75) is 44.6 Å². The van der Waals surface area contributed by atoms with Gasteiger partial charge in [0.1, 0.15) is 6.04 Å². The summed E-state index contributed by atoms with van der Waals surface area (Å²) in [5.74, 6) is 0.516. The van der Waals surface area contributed by atoms with Crippen LogP contribution in [-0.4, -0.2) is 6.04 Å². The maximum absolute atomic E-state index is 9.32. The molecule has 0 heterocycles. The zero-order valence-electron chi connectivity index (χ0n) is 10.2. The molecular weight excluding hydrogens is 208 g/mol. The van der Waals surface area contributed by atoms with Crippen LogP contribution in [0.4, 0.5) is 5.69 Å². The van der Waals surface area contributed by atoms with E-state index in [9.17, 15) is 5.26 Å². The highest BCUT2D eigenvalue weighted by Gasteiger charge is 2.22. The molecule has 0 radical (unpaired) electrons. The Hall–Kier alpha value is -1.49. The molecule has 2 heteroatoms. The molecule has 1 aromatic carbocycles. The van der Waals surface area contributed by atoms with Gasteiger partial charge in [-0.05, 0) is 30.9 Å². The number of nitriles is 1. The standard InChI is InChI=1S/C15H20N2/c16-12-15(13-8-4-1-2-5-9-13)17-14-10-6-3-7-11-14/h3,6-7,10-11,13,15,17H,1-2,4-5,8-9H2. The molecule has 1 aromatic rings. The van der Waals surface area contributed by atoms with Crippen LogP contribution < -0.4 is 5.32 Å². The highest BCUT2D eigenvalue weighted by atomic mass is 14.9. The molecule has 1 aliphatic carbocycles. The lowest BCUT2D eigenvalue weighted by Crippen LogP contribution is -2.27. The summed E-state index contributed by atoms with van der Waals surface area (Å²) in [4.78, 5) is 0. The van der Waals surface area contributed by atoms with Gasteiger partial charge in [0.05, 0.1) is 6.07 Å². The van der Waals surface area contributed by atoms with Gasteiger partial charge in [0.25, 0.3) is 0 Å². The fraction of sp³-hybridized carbons (Fsp3) is 0.533. The van der Waals surface area contributed by atoms with Crippen LogP contribution in [0.25, 0.3) is 0 Å². The van der Waals surface area contributed by atoms with Crippen molar-refractivity contribution in [3.05, 3.63) is 30.3 Å². The first-order chi connectivity index (χ1) is 8.40. The SMILES string of the molecule is N#CC(Nc1ccccc1)C1CCCCCC1. The van der Waals surface area contributed by atoms with Crippen molar-refractivity contribution in [1.29, 1.82) is 5.26 Å². The van der Waals surface area contributed by atoms with Gasteiger partial charge in [0, 0.05) is 5.69 Å². The molecule has 0 amide bonds. The number of rotatable bonds is 3. The highest BCUT2D eigenvalue weighted by molar-refractivity contribution is 5.44. The first-order valence-electron chi connectivity index (χ1n) is 6.61. The van der Waals surface area contributed by atoms with Gasteiger partial charge in [-0.2, -0.15) is 5.26 Å². The van der Waals surface area contributed by atoms with Crippen LogP contribution in [0.15, 0.2) is 30.3 Å². The van der Waals surface area contributed by atoms with E-state index in [1.54, 1.807) is 0 Å². The number of hydrogen-bond acceptors (Lipinski definition) is 2. The topological polar surface area (TPSA) is 35.8 Å². The van der Waals surface area contributed by atoms with Crippen molar-refractivity contribution in [2.24, 2.45) is 5.92 Å². The Morgan fingerprint density at radius 1 is 1.06 bits per heavy atom. The maximum atomic E-state index is 9.32. The lowest BCUT2D eigenvalue weighted by Gasteiger charge is -2.22. The van der Waals surface area contributed by atoms with E-state index in [4.69, 9.17) is 0 Å². The molecule has 0 saturated heterocycles. The van der Waals surface area contributed by atoms with E-state index in [1.165, 1.54) is 38.5 Å². The lowest BCUT2D eigenvalue weighted by molar-refractivity contribution is 0.439. The molecule has 1 N–H and O–H groups in total. The van der Waals surface area contributed by atoms with Crippen LogP contribution in [0.3, 0.4) is 0 Å². The second kappa shape index (κ2) is 6.30. The van der Waals surface area contributed by atoms with E-state index in [0.29, 0.717) is 5.92 Å². The summed E-state index contributed by atoms with van der Waals surface area (Å²) in [6.07, 6.45) is 7.61. The van der Waals surface area contributed by atoms with Crippen molar-refractivity contribution in [3.63, 3.8) is 0 Å². The molecule has 2 nitrogen and oxygen atoms in total. The number of hydrogen-bond donors (Lipinski definition) is 1. The van der Waals surface area contributed by atoms with Gasteiger partial charge in [-0.15, -0.1) is 0 Å². The largest absolute Gasteiger partial charge is 0.370 e. The van der Waals surface area contributed by atoms with Gasteiger partial charge in [-0.25, -0.2) is 0 Å². The maximum Gasteiger partial charge on any atom is 0.117 e. The Morgan fingerprint density at radius 2 is 1.71 bits per heavy atom. The van der Waals surface area contributed by atoms with Gasteiger partial charge in [-0.1, -0.05) is 43.9 Å². The van der Waals surface area contributed by atoms with Gasteiger partial charge >= 0.3 is 0 Å². The van der Waals surface area contributed by atoms with E-state index in [0.717, 1.165) is 5.69 Å². The van der Waals surface area contributed by atoms with E-state index < -0.39 is 0 Å². The monoisotopic (exact) mass is 228 g/mol. The first-order valence-corrected chi connectivity index (χ1v) is 6.61. The molecule has 1 unspecified atom stereocenters. The quantitative estimate of drug-likeness (QED) is 0.795. The molecule has 1 fully saturated rings. The molecule has 17 heavy (non-hydrogen) atoms. The van der Waals surface area contributed by atoms with E-state index in [-0.39, 0.29) is 6.04 Å². The average Bonchev–Trinajstić information content (AvgIpc) is 2.66. The Balaban J connectivity index is 1.98. The molecule has 1 aliphatic rings. The third-order valence-electron chi connectivity index (χ3n) is 3.61. The van der Waals surface area contributed by atoms with Crippen molar-refractivity contribution in [3.8, 4) is 6.07 Å². The van der Waals surface area contributed by atoms with Gasteiger partial charge in [-0.3, -0.25) is 0 Å². The van der Waals surface area contributed by atoms with E-state index in [1.807, 2.05) is 30.3 Å². The van der Waals surface area contributed by atoms with Crippen LogP contribution in [0.1, 0.15) is 38.5 Å². The summed E-state index contributed by atoms with van der Waals surface area (Å²) in [5.41, 5.74) is 1.06. The molecule has 0 spiro atoms. The zero-order chi connectivity index (χ0) is 11.9. The van der Waals surface area contributed by atoms with Crippen molar-refractivity contribution in [1.82, 2.24) is 0 Å². The zero-order valence-corrected chi connectivity index (χ0v) is 10.2. The predicted octanol–water partition coefficient (Wildman–Crippen LogP) is 3.96. The summed E-state index contributed by atoms with van der Waals surface area (Å²) in [7, 11) is 0. The average molecular weight is 228 g/mol. The first kappa shape index (κ1) is 12.0. The summed E-state index contributed by atoms with van der Waals surface area (Å²) in [5, 5.41) is 12.7. The molecule has 1 atom stereocenters. The van der Waals surface area contributed by atoms with E-state index in [2.05, 4.69) is 11.4 Å². The molecule has 90 valence electrons. The molecule has 2 rings (SSSR count). The number of nitrogens with one attached hydrogen (secondary N) is 1. The summed E-state index contributed by atoms with van der Waals surface area (Å²) < 4.78 is 0. The molecule has 0 aromatic heterocycles. The van der Waals surface area contributed by atoms with Crippen LogP contribution in [-0.2, 0) is 0 Å². The van der Waals surface area contributed by atoms with Crippen LogP contribution >= 0.6 is 0 Å². The van der Waals surface area contributed by atoms with Crippen LogP contribution in [0.2, 0.25) is 0 Å². The summed E-state index contributed by atoms with van der Waals surface area (Å²) >= 11 is 0. The van der Waals surface area contributed by atoms with Gasteiger partial charge in [0.2, 0.25) is 0 Å². The molecule has 0 bridgehead atoms. The fourth-order valence-corrected chi connectivity index (χ4v) is 2.61. The number of anilines is 1. The molecular formula is C15H20N2. The third-order valence-corrected chi connectivity index (χ3v) is 3.61. The van der Waals surface area contributed by atoms with Crippen molar-refractivity contribution < 1.29 is 0 Å². The van der Waals surface area contributed by atoms with Crippen molar-refractivity contribution in [2.75, 3.05) is 5.32 Å². The third kappa shape index (κ3) is 3.49. The minimum Gasteiger partial charge on any atom is -0.370 e. The van der Waals surface area contributed by atoms with Gasteiger partial charge in [0.15, 0.2) is 0 Å². The number of para-hydroxylation sites is 1.